The van der Waals surface area contributed by atoms with Gasteiger partial charge in [-0.25, -0.2) is 9.78 Å². The number of unbranched alkanes of at least 4 members (excludes halogenated alkanes) is 1. The molecule has 4 rings (SSSR count). The maximum absolute atomic E-state index is 13.4. The number of nitrogens with zero attached hydrogens (tertiary/aromatic N) is 3. The highest BCUT2D eigenvalue weighted by molar-refractivity contribution is 6.30. The van der Waals surface area contributed by atoms with Gasteiger partial charge < -0.3 is 24.8 Å². The highest BCUT2D eigenvalue weighted by Crippen LogP contribution is 2.31. The lowest BCUT2D eigenvalue weighted by Gasteiger charge is -2.34. The van der Waals surface area contributed by atoms with Gasteiger partial charge in [0.1, 0.15) is 17.5 Å². The molecule has 2 aliphatic rings. The third-order valence-corrected chi connectivity index (χ3v) is 7.17. The maximum Gasteiger partial charge on any atom is 0.408 e. The average molecular weight is 558 g/mol. The smallest absolute Gasteiger partial charge is 0.408 e. The monoisotopic (exact) mass is 557 g/mol. The summed E-state index contributed by atoms with van der Waals surface area (Å²) in [4.78, 5) is 62.3. The molecule has 2 atom stereocenters. The number of nitrogens with one attached hydrogen (secondary N) is 2. The zero-order chi connectivity index (χ0) is 28.3. The van der Waals surface area contributed by atoms with E-state index in [0.29, 0.717) is 35.9 Å². The SMILES string of the molecule is CCCCC1CN(C(=O)CN2CCC(NC(=O)OC(C)(C)C)C2=O)Cc2c1nc(-c1ccc(Cl)cc1)[nH]c2=O. The standard InChI is InChI=1S/C28H36ClN5O5/c1-5-6-7-18-14-34(15-20-23(18)31-24(32-25(20)36)17-8-10-19(29)11-9-17)22(35)16-33-13-12-21(26(33)37)30-27(38)39-28(2,3)4/h8-11,18,21H,5-7,12-16H2,1-4H3,(H,30,38)(H,31,32,36). The van der Waals surface area contributed by atoms with Gasteiger partial charge in [0.05, 0.1) is 24.3 Å². The van der Waals surface area contributed by atoms with Crippen molar-refractivity contribution in [2.24, 2.45) is 0 Å². The Labute approximate surface area is 233 Å². The lowest BCUT2D eigenvalue weighted by Crippen LogP contribution is -2.48. The van der Waals surface area contributed by atoms with E-state index in [-0.39, 0.29) is 36.4 Å². The number of amides is 3. The predicted molar refractivity (Wildman–Crippen MR) is 147 cm³/mol. The molecule has 3 heterocycles. The summed E-state index contributed by atoms with van der Waals surface area (Å²) in [7, 11) is 0. The Kier molecular flexibility index (Phi) is 8.64. The molecule has 1 saturated heterocycles. The van der Waals surface area contributed by atoms with Gasteiger partial charge in [0.25, 0.3) is 5.56 Å². The number of rotatable bonds is 7. The van der Waals surface area contributed by atoms with Gasteiger partial charge in [-0.2, -0.15) is 0 Å². The van der Waals surface area contributed by atoms with Gasteiger partial charge in [0.2, 0.25) is 11.8 Å². The van der Waals surface area contributed by atoms with E-state index in [1.54, 1.807) is 37.8 Å². The van der Waals surface area contributed by atoms with E-state index in [1.165, 1.54) is 4.90 Å². The van der Waals surface area contributed by atoms with Crippen LogP contribution in [0.1, 0.15) is 70.6 Å². The molecule has 0 saturated carbocycles. The van der Waals surface area contributed by atoms with E-state index in [1.807, 2.05) is 12.1 Å². The molecular weight excluding hydrogens is 522 g/mol. The molecule has 1 fully saturated rings. The van der Waals surface area contributed by atoms with Crippen LogP contribution in [0, 0.1) is 0 Å². The molecule has 0 bridgehead atoms. The lowest BCUT2D eigenvalue weighted by atomic mass is 9.90. The van der Waals surface area contributed by atoms with E-state index in [2.05, 4.69) is 17.2 Å². The third-order valence-electron chi connectivity index (χ3n) is 6.91. The molecule has 2 N–H and O–H groups in total. The van der Waals surface area contributed by atoms with Crippen molar-refractivity contribution in [3.63, 3.8) is 0 Å². The van der Waals surface area contributed by atoms with Crippen molar-refractivity contribution in [3.8, 4) is 11.4 Å². The second-order valence-corrected chi connectivity index (χ2v) is 11.6. The summed E-state index contributed by atoms with van der Waals surface area (Å²) in [5, 5.41) is 3.20. The predicted octanol–water partition coefficient (Wildman–Crippen LogP) is 3.83. The minimum absolute atomic E-state index is 0.0955. The topological polar surface area (TPSA) is 125 Å². The van der Waals surface area contributed by atoms with Crippen LogP contribution < -0.4 is 10.9 Å². The Morgan fingerprint density at radius 2 is 1.92 bits per heavy atom. The Morgan fingerprint density at radius 3 is 2.59 bits per heavy atom. The molecule has 39 heavy (non-hydrogen) atoms. The molecule has 1 aromatic heterocycles. The fourth-order valence-electron chi connectivity index (χ4n) is 4.97. The first-order chi connectivity index (χ1) is 18.4. The lowest BCUT2D eigenvalue weighted by molar-refractivity contribution is -0.139. The van der Waals surface area contributed by atoms with E-state index < -0.39 is 17.7 Å². The zero-order valence-corrected chi connectivity index (χ0v) is 23.6. The van der Waals surface area contributed by atoms with Crippen LogP contribution in [-0.2, 0) is 20.9 Å². The number of aromatic nitrogens is 2. The van der Waals surface area contributed by atoms with Crippen molar-refractivity contribution < 1.29 is 19.1 Å². The molecule has 2 aromatic rings. The highest BCUT2D eigenvalue weighted by Gasteiger charge is 2.37. The highest BCUT2D eigenvalue weighted by atomic mass is 35.5. The van der Waals surface area contributed by atoms with Gasteiger partial charge >= 0.3 is 6.09 Å². The van der Waals surface area contributed by atoms with Crippen LogP contribution in [-0.4, -0.2) is 69.0 Å². The van der Waals surface area contributed by atoms with Gasteiger partial charge in [-0.05, 0) is 57.9 Å². The summed E-state index contributed by atoms with van der Waals surface area (Å²) in [5.74, 6) is -0.180. The number of likely N-dealkylation sites (tertiary alicyclic amines) is 1. The van der Waals surface area contributed by atoms with Crippen molar-refractivity contribution in [2.75, 3.05) is 19.6 Å². The van der Waals surface area contributed by atoms with E-state index in [4.69, 9.17) is 21.3 Å². The number of alkyl carbamates (subject to hydrolysis) is 1. The van der Waals surface area contributed by atoms with Crippen molar-refractivity contribution in [1.82, 2.24) is 25.1 Å². The fraction of sp³-hybridized carbons (Fsp3) is 0.536. The minimum atomic E-state index is -0.731. The Morgan fingerprint density at radius 1 is 1.21 bits per heavy atom. The van der Waals surface area contributed by atoms with Crippen molar-refractivity contribution in [2.45, 2.75) is 77.5 Å². The molecule has 0 spiro atoms. The van der Waals surface area contributed by atoms with Gasteiger partial charge in [-0.1, -0.05) is 31.4 Å². The van der Waals surface area contributed by atoms with Gasteiger partial charge in [-0.3, -0.25) is 14.4 Å². The molecule has 1 aromatic carbocycles. The van der Waals surface area contributed by atoms with Crippen LogP contribution in [0.3, 0.4) is 0 Å². The zero-order valence-electron chi connectivity index (χ0n) is 22.9. The third kappa shape index (κ3) is 6.98. The molecule has 0 aliphatic carbocycles. The van der Waals surface area contributed by atoms with E-state index >= 15 is 0 Å². The maximum atomic E-state index is 13.4. The molecule has 0 radical (unpaired) electrons. The quantitative estimate of drug-likeness (QED) is 0.533. The number of halogens is 1. The number of benzene rings is 1. The van der Waals surface area contributed by atoms with Crippen molar-refractivity contribution >= 4 is 29.5 Å². The van der Waals surface area contributed by atoms with E-state index in [0.717, 1.165) is 30.5 Å². The Bertz CT molecular complexity index is 1290. The fourth-order valence-corrected chi connectivity index (χ4v) is 5.10. The number of carbonyl (C=O) groups is 3. The van der Waals surface area contributed by atoms with Crippen LogP contribution in [0.4, 0.5) is 4.79 Å². The summed E-state index contributed by atoms with van der Waals surface area (Å²) >= 11 is 6.02. The van der Waals surface area contributed by atoms with Crippen molar-refractivity contribution in [3.05, 3.63) is 50.9 Å². The number of hydrogen-bond donors (Lipinski definition) is 2. The minimum Gasteiger partial charge on any atom is -0.444 e. The van der Waals surface area contributed by atoms with Crippen LogP contribution in [0.5, 0.6) is 0 Å². The van der Waals surface area contributed by atoms with Crippen LogP contribution >= 0.6 is 11.6 Å². The summed E-state index contributed by atoms with van der Waals surface area (Å²) in [6.07, 6.45) is 2.42. The molecule has 2 unspecified atom stereocenters. The molecular formula is C28H36ClN5O5. The number of carbonyl (C=O) groups excluding carboxylic acids is 3. The molecule has 3 amide bonds. The molecule has 11 heteroatoms. The molecule has 10 nitrogen and oxygen atoms in total. The first kappa shape index (κ1) is 28.6. The number of aromatic amines is 1. The summed E-state index contributed by atoms with van der Waals surface area (Å²) in [6.45, 7) is 8.12. The second kappa shape index (κ2) is 11.8. The first-order valence-electron chi connectivity index (χ1n) is 13.4. The number of ether oxygens (including phenoxy) is 1. The normalized spacial score (nSPS) is 19.2. The van der Waals surface area contributed by atoms with Gasteiger partial charge in [-0.15, -0.1) is 0 Å². The van der Waals surface area contributed by atoms with Crippen LogP contribution in [0.25, 0.3) is 11.4 Å². The molecule has 2 aliphatic heterocycles. The Hall–Kier alpha value is -3.40. The summed E-state index contributed by atoms with van der Waals surface area (Å²) in [6, 6.07) is 6.39. The summed E-state index contributed by atoms with van der Waals surface area (Å²) < 4.78 is 5.25. The van der Waals surface area contributed by atoms with Gasteiger partial charge in [0.15, 0.2) is 0 Å². The summed E-state index contributed by atoms with van der Waals surface area (Å²) in [5.41, 5.74) is 1.00. The number of fused-ring (bicyclic) bond motifs is 1. The largest absolute Gasteiger partial charge is 0.444 e. The van der Waals surface area contributed by atoms with Gasteiger partial charge in [0, 0.05) is 29.6 Å². The molecule has 210 valence electrons. The number of hydrogen-bond acceptors (Lipinski definition) is 6. The second-order valence-electron chi connectivity index (χ2n) is 11.1. The van der Waals surface area contributed by atoms with Crippen LogP contribution in [0.15, 0.2) is 29.1 Å². The Balaban J connectivity index is 1.48. The van der Waals surface area contributed by atoms with Crippen LogP contribution in [0.2, 0.25) is 5.02 Å². The van der Waals surface area contributed by atoms with Crippen molar-refractivity contribution in [1.29, 1.82) is 0 Å². The van der Waals surface area contributed by atoms with E-state index in [9.17, 15) is 19.2 Å². The average Bonchev–Trinajstić information content (AvgIpc) is 3.20. The first-order valence-corrected chi connectivity index (χ1v) is 13.8. The number of H-pyrrole nitrogens is 1.